The van der Waals surface area contributed by atoms with Gasteiger partial charge in [0.25, 0.3) is 0 Å². The van der Waals surface area contributed by atoms with Gasteiger partial charge in [-0.25, -0.2) is 0 Å². The standard InChI is InChI=1S/C19H33N5OS/c1-15-6-4-5-10-23(15)11-7-17-8-12-24(13-9-17)18(25)16(2)26-19-21-20-14-22(19)3/h14-17H,4-13H2,1-3H3. The van der Waals surface area contributed by atoms with Crippen LogP contribution in [0.2, 0.25) is 0 Å². The van der Waals surface area contributed by atoms with E-state index in [1.165, 1.54) is 50.5 Å². The first-order valence-corrected chi connectivity index (χ1v) is 11.0. The van der Waals surface area contributed by atoms with Crippen molar-refractivity contribution in [3.05, 3.63) is 6.33 Å². The summed E-state index contributed by atoms with van der Waals surface area (Å²) in [4.78, 5) is 17.4. The Kier molecular flexibility index (Phi) is 6.98. The summed E-state index contributed by atoms with van der Waals surface area (Å²) in [5.41, 5.74) is 0. The molecule has 1 aromatic rings. The first-order valence-electron chi connectivity index (χ1n) is 10.1. The summed E-state index contributed by atoms with van der Waals surface area (Å²) in [5.74, 6) is 1.01. The predicted molar refractivity (Wildman–Crippen MR) is 105 cm³/mol. The average Bonchev–Trinajstić information content (AvgIpc) is 3.05. The molecule has 2 atom stereocenters. The molecule has 0 aliphatic carbocycles. The van der Waals surface area contributed by atoms with E-state index in [1.807, 2.05) is 23.4 Å². The fourth-order valence-electron chi connectivity index (χ4n) is 4.13. The minimum absolute atomic E-state index is 0.108. The fourth-order valence-corrected chi connectivity index (χ4v) is 5.00. The summed E-state index contributed by atoms with van der Waals surface area (Å²) >= 11 is 1.50. The van der Waals surface area contributed by atoms with E-state index in [1.54, 1.807) is 6.33 Å². The molecule has 3 rings (SSSR count). The zero-order valence-electron chi connectivity index (χ0n) is 16.4. The number of thioether (sulfide) groups is 1. The third-order valence-corrected chi connectivity index (χ3v) is 7.13. The number of aromatic nitrogens is 3. The third-order valence-electron chi connectivity index (χ3n) is 5.99. The Morgan fingerprint density at radius 1 is 1.27 bits per heavy atom. The van der Waals surface area contributed by atoms with Gasteiger partial charge in [0.2, 0.25) is 5.91 Å². The average molecular weight is 380 g/mol. The molecule has 3 heterocycles. The summed E-state index contributed by atoms with van der Waals surface area (Å²) in [7, 11) is 1.91. The number of nitrogens with zero attached hydrogens (tertiary/aromatic N) is 5. The first-order chi connectivity index (χ1) is 12.5. The molecular formula is C19H33N5OS. The van der Waals surface area contributed by atoms with Crippen LogP contribution in [0.1, 0.15) is 52.4 Å². The van der Waals surface area contributed by atoms with Gasteiger partial charge in [0.05, 0.1) is 5.25 Å². The van der Waals surface area contributed by atoms with Crippen LogP contribution < -0.4 is 0 Å². The van der Waals surface area contributed by atoms with Gasteiger partial charge in [-0.05, 0) is 65.0 Å². The molecule has 0 radical (unpaired) electrons. The van der Waals surface area contributed by atoms with Crippen molar-refractivity contribution in [3.8, 4) is 0 Å². The van der Waals surface area contributed by atoms with Gasteiger partial charge in [0.15, 0.2) is 5.16 Å². The van der Waals surface area contributed by atoms with E-state index < -0.39 is 0 Å². The summed E-state index contributed by atoms with van der Waals surface area (Å²) in [6, 6.07) is 0.754. The lowest BCUT2D eigenvalue weighted by Crippen LogP contribution is -2.43. The number of carbonyl (C=O) groups excluding carboxylic acids is 1. The SMILES string of the molecule is CC(Sc1nncn1C)C(=O)N1CCC(CCN2CCCCC2C)CC1. The zero-order valence-corrected chi connectivity index (χ0v) is 17.2. The Morgan fingerprint density at radius 3 is 2.69 bits per heavy atom. The maximum absolute atomic E-state index is 12.7. The number of aryl methyl sites for hydroxylation is 1. The molecule has 1 aromatic heterocycles. The van der Waals surface area contributed by atoms with Crippen LogP contribution in [-0.4, -0.2) is 67.9 Å². The van der Waals surface area contributed by atoms with Gasteiger partial charge in [-0.1, -0.05) is 18.2 Å². The molecule has 0 aromatic carbocycles. The second-order valence-corrected chi connectivity index (χ2v) is 9.23. The van der Waals surface area contributed by atoms with Gasteiger partial charge in [0, 0.05) is 26.2 Å². The molecule has 7 heteroatoms. The normalized spacial score (nSPS) is 24.0. The van der Waals surface area contributed by atoms with Gasteiger partial charge >= 0.3 is 0 Å². The van der Waals surface area contributed by atoms with Crippen LogP contribution in [0.4, 0.5) is 0 Å². The third kappa shape index (κ3) is 5.00. The van der Waals surface area contributed by atoms with Crippen molar-refractivity contribution in [1.82, 2.24) is 24.6 Å². The summed E-state index contributed by atoms with van der Waals surface area (Å²) in [6.07, 6.45) is 9.36. The molecule has 2 fully saturated rings. The fraction of sp³-hybridized carbons (Fsp3) is 0.842. The minimum atomic E-state index is -0.108. The highest BCUT2D eigenvalue weighted by atomic mass is 32.2. The molecule has 2 saturated heterocycles. The molecule has 0 bridgehead atoms. The molecule has 2 aliphatic rings. The van der Waals surface area contributed by atoms with Gasteiger partial charge in [-0.3, -0.25) is 4.79 Å². The number of hydrogen-bond donors (Lipinski definition) is 0. The van der Waals surface area contributed by atoms with E-state index in [0.717, 1.165) is 43.0 Å². The number of likely N-dealkylation sites (tertiary alicyclic amines) is 2. The number of piperidine rings is 2. The second kappa shape index (κ2) is 9.22. The van der Waals surface area contributed by atoms with Crippen LogP contribution in [0.5, 0.6) is 0 Å². The molecule has 0 spiro atoms. The Labute approximate surface area is 161 Å². The molecular weight excluding hydrogens is 346 g/mol. The van der Waals surface area contributed by atoms with Crippen LogP contribution in [0.25, 0.3) is 0 Å². The minimum Gasteiger partial charge on any atom is -0.342 e. The molecule has 2 unspecified atom stereocenters. The summed E-state index contributed by atoms with van der Waals surface area (Å²) in [5, 5.41) is 8.65. The van der Waals surface area contributed by atoms with Gasteiger partial charge in [-0.15, -0.1) is 10.2 Å². The summed E-state index contributed by atoms with van der Waals surface area (Å²) < 4.78 is 1.86. The Bertz CT molecular complexity index is 584. The van der Waals surface area contributed by atoms with Crippen molar-refractivity contribution in [1.29, 1.82) is 0 Å². The largest absolute Gasteiger partial charge is 0.342 e. The molecule has 0 N–H and O–H groups in total. The van der Waals surface area contributed by atoms with Crippen LogP contribution in [-0.2, 0) is 11.8 Å². The van der Waals surface area contributed by atoms with Crippen molar-refractivity contribution >= 4 is 17.7 Å². The quantitative estimate of drug-likeness (QED) is 0.712. The lowest BCUT2D eigenvalue weighted by molar-refractivity contribution is -0.131. The maximum Gasteiger partial charge on any atom is 0.235 e. The van der Waals surface area contributed by atoms with Gasteiger partial charge < -0.3 is 14.4 Å². The maximum atomic E-state index is 12.7. The zero-order chi connectivity index (χ0) is 18.5. The summed E-state index contributed by atoms with van der Waals surface area (Å²) in [6.45, 7) is 8.67. The lowest BCUT2D eigenvalue weighted by Gasteiger charge is -2.37. The van der Waals surface area contributed by atoms with E-state index >= 15 is 0 Å². The van der Waals surface area contributed by atoms with Gasteiger partial charge in [0.1, 0.15) is 6.33 Å². The molecule has 0 saturated carbocycles. The Balaban J connectivity index is 1.40. The molecule has 1 amide bonds. The topological polar surface area (TPSA) is 54.3 Å². The van der Waals surface area contributed by atoms with Crippen molar-refractivity contribution in [3.63, 3.8) is 0 Å². The van der Waals surface area contributed by atoms with Crippen LogP contribution in [0.3, 0.4) is 0 Å². The van der Waals surface area contributed by atoms with Crippen LogP contribution >= 0.6 is 11.8 Å². The monoisotopic (exact) mass is 379 g/mol. The highest BCUT2D eigenvalue weighted by Gasteiger charge is 2.28. The van der Waals surface area contributed by atoms with Gasteiger partial charge in [-0.2, -0.15) is 0 Å². The van der Waals surface area contributed by atoms with E-state index in [9.17, 15) is 4.79 Å². The van der Waals surface area contributed by atoms with E-state index in [0.29, 0.717) is 0 Å². The van der Waals surface area contributed by atoms with Crippen LogP contribution in [0, 0.1) is 5.92 Å². The predicted octanol–water partition coefficient (Wildman–Crippen LogP) is 2.80. The Morgan fingerprint density at radius 2 is 2.04 bits per heavy atom. The van der Waals surface area contributed by atoms with Crippen molar-refractivity contribution < 1.29 is 4.79 Å². The smallest absolute Gasteiger partial charge is 0.235 e. The second-order valence-electron chi connectivity index (χ2n) is 7.92. The number of hydrogen-bond acceptors (Lipinski definition) is 5. The van der Waals surface area contributed by atoms with E-state index in [4.69, 9.17) is 0 Å². The van der Waals surface area contributed by atoms with Crippen LogP contribution in [0.15, 0.2) is 11.5 Å². The molecule has 26 heavy (non-hydrogen) atoms. The van der Waals surface area contributed by atoms with E-state index in [-0.39, 0.29) is 11.2 Å². The number of carbonyl (C=O) groups is 1. The van der Waals surface area contributed by atoms with Crippen molar-refractivity contribution in [2.24, 2.45) is 13.0 Å². The highest BCUT2D eigenvalue weighted by molar-refractivity contribution is 8.00. The molecule has 6 nitrogen and oxygen atoms in total. The van der Waals surface area contributed by atoms with E-state index in [2.05, 4.69) is 22.0 Å². The number of rotatable bonds is 6. The number of amides is 1. The van der Waals surface area contributed by atoms with Crippen molar-refractivity contribution in [2.75, 3.05) is 26.2 Å². The Hall–Kier alpha value is -1.08. The first kappa shape index (κ1) is 19.7. The lowest BCUT2D eigenvalue weighted by atomic mass is 9.92. The van der Waals surface area contributed by atoms with Crippen molar-refractivity contribution in [2.45, 2.75) is 68.8 Å². The molecule has 2 aliphatic heterocycles. The molecule has 146 valence electrons. The highest BCUT2D eigenvalue weighted by Crippen LogP contribution is 2.26.